The number of piperazine rings is 1. The molecule has 1 aromatic rings. The zero-order chi connectivity index (χ0) is 18.5. The van der Waals surface area contributed by atoms with Gasteiger partial charge in [0.2, 0.25) is 0 Å². The molecule has 1 aliphatic heterocycles. The first kappa shape index (κ1) is 18.5. The molecule has 2 aliphatic rings. The number of carbonyl (C=O) groups excluding carboxylic acids is 2. The third kappa shape index (κ3) is 4.29. The summed E-state index contributed by atoms with van der Waals surface area (Å²) >= 11 is 0. The number of ether oxygens (including phenoxy) is 1. The molecule has 6 heteroatoms. The van der Waals surface area contributed by atoms with E-state index >= 15 is 0 Å². The van der Waals surface area contributed by atoms with Gasteiger partial charge in [-0.15, -0.1) is 0 Å². The molecule has 6 nitrogen and oxygen atoms in total. The molecule has 3 amide bonds. The highest BCUT2D eigenvalue weighted by molar-refractivity contribution is 5.94. The Morgan fingerprint density at radius 1 is 1.12 bits per heavy atom. The van der Waals surface area contributed by atoms with Gasteiger partial charge in [0, 0.05) is 37.8 Å². The Morgan fingerprint density at radius 2 is 1.77 bits per heavy atom. The quantitative estimate of drug-likeness (QED) is 0.899. The van der Waals surface area contributed by atoms with Crippen molar-refractivity contribution in [2.75, 3.05) is 32.8 Å². The molecule has 0 aromatic heterocycles. The van der Waals surface area contributed by atoms with Crippen LogP contribution in [0, 0.1) is 6.92 Å². The molecule has 1 aliphatic carbocycles. The monoisotopic (exact) mass is 359 g/mol. The fraction of sp³-hybridized carbons (Fsp3) is 0.600. The molecule has 142 valence electrons. The average molecular weight is 359 g/mol. The molecule has 0 atom stereocenters. The zero-order valence-electron chi connectivity index (χ0n) is 15.8. The van der Waals surface area contributed by atoms with Crippen molar-refractivity contribution >= 4 is 11.9 Å². The number of benzene rings is 1. The summed E-state index contributed by atoms with van der Waals surface area (Å²) in [5, 5.41) is 3.12. The summed E-state index contributed by atoms with van der Waals surface area (Å²) < 4.78 is 5.54. The smallest absolute Gasteiger partial charge is 0.317 e. The van der Waals surface area contributed by atoms with E-state index < -0.39 is 0 Å². The van der Waals surface area contributed by atoms with Crippen LogP contribution < -0.4 is 10.1 Å². The largest absolute Gasteiger partial charge is 0.494 e. The van der Waals surface area contributed by atoms with Crippen LogP contribution in [0.2, 0.25) is 0 Å². The topological polar surface area (TPSA) is 61.9 Å². The number of aryl methyl sites for hydroxylation is 1. The maximum Gasteiger partial charge on any atom is 0.317 e. The summed E-state index contributed by atoms with van der Waals surface area (Å²) in [6.45, 7) is 6.82. The van der Waals surface area contributed by atoms with E-state index in [0.29, 0.717) is 44.4 Å². The minimum Gasteiger partial charge on any atom is -0.494 e. The van der Waals surface area contributed by atoms with Crippen LogP contribution in [0.4, 0.5) is 4.79 Å². The molecule has 1 saturated carbocycles. The number of carbonyl (C=O) groups is 2. The highest BCUT2D eigenvalue weighted by Gasteiger charge is 2.27. The Labute approximate surface area is 155 Å². The molecule has 3 rings (SSSR count). The molecule has 1 N–H and O–H groups in total. The van der Waals surface area contributed by atoms with Gasteiger partial charge in [-0.25, -0.2) is 4.79 Å². The van der Waals surface area contributed by atoms with E-state index in [4.69, 9.17) is 4.74 Å². The van der Waals surface area contributed by atoms with Gasteiger partial charge in [0.05, 0.1) is 6.61 Å². The minimum atomic E-state index is 0.0147. The molecule has 1 saturated heterocycles. The highest BCUT2D eigenvalue weighted by Crippen LogP contribution is 2.21. The van der Waals surface area contributed by atoms with Gasteiger partial charge >= 0.3 is 6.03 Å². The predicted molar refractivity (Wildman–Crippen MR) is 101 cm³/mol. The van der Waals surface area contributed by atoms with Crippen molar-refractivity contribution in [1.82, 2.24) is 15.1 Å². The molecular formula is C20H29N3O3. The molecule has 1 aromatic carbocycles. The first-order valence-electron chi connectivity index (χ1n) is 9.66. The molecule has 1 heterocycles. The lowest BCUT2D eigenvalue weighted by Crippen LogP contribution is -2.54. The van der Waals surface area contributed by atoms with Crippen LogP contribution in [0.5, 0.6) is 5.75 Å². The van der Waals surface area contributed by atoms with Gasteiger partial charge in [-0.05, 0) is 50.5 Å². The van der Waals surface area contributed by atoms with E-state index in [1.807, 2.05) is 41.8 Å². The SMILES string of the molecule is CCOc1ccc(C(=O)N2CCN(C(=O)NC3CCCC3)CC2)cc1C. The summed E-state index contributed by atoms with van der Waals surface area (Å²) in [6.07, 6.45) is 4.58. The summed E-state index contributed by atoms with van der Waals surface area (Å²) in [6, 6.07) is 5.90. The molecule has 2 fully saturated rings. The van der Waals surface area contributed by atoms with E-state index in [2.05, 4.69) is 5.32 Å². The Hall–Kier alpha value is -2.24. The summed E-state index contributed by atoms with van der Waals surface area (Å²) in [5.41, 5.74) is 1.64. The van der Waals surface area contributed by atoms with E-state index in [9.17, 15) is 9.59 Å². The molecule has 0 bridgehead atoms. The lowest BCUT2D eigenvalue weighted by molar-refractivity contribution is 0.0663. The number of hydrogen-bond acceptors (Lipinski definition) is 3. The van der Waals surface area contributed by atoms with Gasteiger partial charge in [0.25, 0.3) is 5.91 Å². The molecule has 26 heavy (non-hydrogen) atoms. The zero-order valence-corrected chi connectivity index (χ0v) is 15.8. The first-order valence-corrected chi connectivity index (χ1v) is 9.66. The third-order valence-corrected chi connectivity index (χ3v) is 5.26. The second kappa shape index (κ2) is 8.43. The van der Waals surface area contributed by atoms with Crippen molar-refractivity contribution in [3.8, 4) is 5.75 Å². The van der Waals surface area contributed by atoms with Gasteiger partial charge in [-0.1, -0.05) is 12.8 Å². The van der Waals surface area contributed by atoms with Gasteiger partial charge in [-0.3, -0.25) is 4.79 Å². The minimum absolute atomic E-state index is 0.0147. The standard InChI is InChI=1S/C20H29N3O3/c1-3-26-18-9-8-16(14-15(18)2)19(24)22-10-12-23(13-11-22)20(25)21-17-6-4-5-7-17/h8-9,14,17H,3-7,10-13H2,1-2H3,(H,21,25). The van der Waals surface area contributed by atoms with Crippen LogP contribution in [0.1, 0.15) is 48.5 Å². The van der Waals surface area contributed by atoms with Crippen molar-refractivity contribution in [3.63, 3.8) is 0 Å². The van der Waals surface area contributed by atoms with Crippen molar-refractivity contribution in [1.29, 1.82) is 0 Å². The van der Waals surface area contributed by atoms with Crippen LogP contribution >= 0.6 is 0 Å². The van der Waals surface area contributed by atoms with Crippen LogP contribution in [0.15, 0.2) is 18.2 Å². The number of nitrogens with zero attached hydrogens (tertiary/aromatic N) is 2. The number of urea groups is 1. The second-order valence-electron chi connectivity index (χ2n) is 7.12. The van der Waals surface area contributed by atoms with E-state index in [1.165, 1.54) is 12.8 Å². The van der Waals surface area contributed by atoms with Crippen LogP contribution in [0.3, 0.4) is 0 Å². The summed E-state index contributed by atoms with van der Waals surface area (Å²) in [7, 11) is 0. The number of rotatable bonds is 4. The van der Waals surface area contributed by atoms with Gasteiger partial charge in [0.1, 0.15) is 5.75 Å². The fourth-order valence-corrected chi connectivity index (χ4v) is 3.73. The lowest BCUT2D eigenvalue weighted by atomic mass is 10.1. The van der Waals surface area contributed by atoms with Gasteiger partial charge < -0.3 is 19.9 Å². The maximum absolute atomic E-state index is 12.7. The molecule has 0 unspecified atom stereocenters. The van der Waals surface area contributed by atoms with Crippen LogP contribution in [0.25, 0.3) is 0 Å². The lowest BCUT2D eigenvalue weighted by Gasteiger charge is -2.35. The first-order chi connectivity index (χ1) is 12.6. The number of hydrogen-bond donors (Lipinski definition) is 1. The fourth-order valence-electron chi connectivity index (χ4n) is 3.73. The third-order valence-electron chi connectivity index (χ3n) is 5.26. The molecule has 0 radical (unpaired) electrons. The van der Waals surface area contributed by atoms with Gasteiger partial charge in [0.15, 0.2) is 0 Å². The highest BCUT2D eigenvalue weighted by atomic mass is 16.5. The Kier molecular flexibility index (Phi) is 6.01. The average Bonchev–Trinajstić information content (AvgIpc) is 3.16. The van der Waals surface area contributed by atoms with Crippen LogP contribution in [-0.2, 0) is 0 Å². The van der Waals surface area contributed by atoms with E-state index in [0.717, 1.165) is 24.2 Å². The van der Waals surface area contributed by atoms with E-state index in [-0.39, 0.29) is 11.9 Å². The Bertz CT molecular complexity index is 648. The summed E-state index contributed by atoms with van der Waals surface area (Å²) in [5.74, 6) is 0.837. The van der Waals surface area contributed by atoms with Crippen molar-refractivity contribution in [3.05, 3.63) is 29.3 Å². The van der Waals surface area contributed by atoms with Crippen molar-refractivity contribution in [2.45, 2.75) is 45.6 Å². The molecule has 0 spiro atoms. The van der Waals surface area contributed by atoms with Gasteiger partial charge in [-0.2, -0.15) is 0 Å². The van der Waals surface area contributed by atoms with Crippen molar-refractivity contribution in [2.24, 2.45) is 0 Å². The molecular weight excluding hydrogens is 330 g/mol. The maximum atomic E-state index is 12.7. The Balaban J connectivity index is 1.53. The van der Waals surface area contributed by atoms with Crippen molar-refractivity contribution < 1.29 is 14.3 Å². The predicted octanol–water partition coefficient (Wildman–Crippen LogP) is 2.80. The number of nitrogens with one attached hydrogen (secondary N) is 1. The number of amides is 3. The van der Waals surface area contributed by atoms with E-state index in [1.54, 1.807) is 0 Å². The normalized spacial score (nSPS) is 18.1. The summed E-state index contributed by atoms with van der Waals surface area (Å²) in [4.78, 5) is 28.7. The second-order valence-corrected chi connectivity index (χ2v) is 7.12. The Morgan fingerprint density at radius 3 is 2.38 bits per heavy atom. The van der Waals surface area contributed by atoms with Crippen LogP contribution in [-0.4, -0.2) is 60.6 Å².